The number of rotatable bonds is 3. The Morgan fingerprint density at radius 1 is 1.18 bits per heavy atom. The molecular weight excluding hydrogens is 433 g/mol. The minimum absolute atomic E-state index is 0.0496. The average molecular weight is 464 g/mol. The Kier molecular flexibility index (Phi) is 5.67. The number of halogens is 1. The lowest BCUT2D eigenvalue weighted by molar-refractivity contribution is -0.136. The number of piperidine rings is 1. The third kappa shape index (κ3) is 4.08. The number of amides is 2. The third-order valence-electron chi connectivity index (χ3n) is 7.61. The van der Waals surface area contributed by atoms with Gasteiger partial charge in [0.2, 0.25) is 5.91 Å². The Morgan fingerprint density at radius 2 is 1.91 bits per heavy atom. The number of fused-ring (bicyclic) bond motifs is 1. The molecule has 8 heteroatoms. The van der Waals surface area contributed by atoms with E-state index in [0.717, 1.165) is 12.8 Å². The third-order valence-corrected chi connectivity index (χ3v) is 7.61. The summed E-state index contributed by atoms with van der Waals surface area (Å²) in [6.45, 7) is 6.63. The van der Waals surface area contributed by atoms with E-state index in [2.05, 4.69) is 16.0 Å². The van der Waals surface area contributed by atoms with Gasteiger partial charge in [0.05, 0.1) is 28.3 Å². The molecule has 34 heavy (non-hydrogen) atoms. The van der Waals surface area contributed by atoms with Crippen molar-refractivity contribution in [3.63, 3.8) is 0 Å². The molecule has 3 heterocycles. The summed E-state index contributed by atoms with van der Waals surface area (Å²) < 4.78 is 14.3. The lowest BCUT2D eigenvalue weighted by Crippen LogP contribution is -2.56. The zero-order valence-corrected chi connectivity index (χ0v) is 19.8. The van der Waals surface area contributed by atoms with Gasteiger partial charge in [0.15, 0.2) is 0 Å². The average Bonchev–Trinajstić information content (AvgIpc) is 3.69. The maximum absolute atomic E-state index is 14.3. The largest absolute Gasteiger partial charge is 0.370 e. The zero-order valence-electron chi connectivity index (χ0n) is 19.8. The Hall–Kier alpha value is -3.21. The Balaban J connectivity index is 1.46. The second-order valence-electron chi connectivity index (χ2n) is 10.2. The predicted octanol–water partition coefficient (Wildman–Crippen LogP) is 3.59. The van der Waals surface area contributed by atoms with Crippen molar-refractivity contribution in [2.24, 2.45) is 11.3 Å². The molecule has 2 saturated heterocycles. The van der Waals surface area contributed by atoms with Crippen molar-refractivity contribution in [2.45, 2.75) is 45.6 Å². The first-order valence-electron chi connectivity index (χ1n) is 12.1. The summed E-state index contributed by atoms with van der Waals surface area (Å²) in [6, 6.07) is 6.82. The number of carbonyl (C=O) groups is 2. The van der Waals surface area contributed by atoms with Gasteiger partial charge in [-0.05, 0) is 57.7 Å². The first-order valence-corrected chi connectivity index (χ1v) is 12.1. The topological polar surface area (TPSA) is 80.5 Å². The van der Waals surface area contributed by atoms with Crippen molar-refractivity contribution < 1.29 is 14.0 Å². The smallest absolute Gasteiger partial charge is 0.257 e. The molecule has 0 radical (unpaired) electrons. The fraction of sp³-hybridized carbons (Fsp3) is 0.538. The van der Waals surface area contributed by atoms with Crippen LogP contribution in [0, 0.1) is 28.5 Å². The second kappa shape index (κ2) is 8.53. The van der Waals surface area contributed by atoms with Crippen LogP contribution in [-0.4, -0.2) is 65.4 Å². The summed E-state index contributed by atoms with van der Waals surface area (Å²) in [5.41, 5.74) is 1.38. The van der Waals surface area contributed by atoms with Crippen LogP contribution >= 0.6 is 0 Å². The number of nitrogens with zero attached hydrogens (tertiary/aromatic N) is 5. The number of carbonyl (C=O) groups excluding carboxylic acids is 2. The molecule has 2 aromatic rings. The van der Waals surface area contributed by atoms with E-state index in [1.165, 1.54) is 12.1 Å². The first-order chi connectivity index (χ1) is 16.3. The van der Waals surface area contributed by atoms with Gasteiger partial charge >= 0.3 is 0 Å². The van der Waals surface area contributed by atoms with Crippen LogP contribution in [0.25, 0.3) is 10.9 Å². The van der Waals surface area contributed by atoms with E-state index in [1.807, 2.05) is 18.7 Å². The number of nitriles is 1. The van der Waals surface area contributed by atoms with Crippen LogP contribution in [0.3, 0.4) is 0 Å². The van der Waals surface area contributed by atoms with Crippen molar-refractivity contribution in [3.8, 4) is 6.07 Å². The molecule has 2 amide bonds. The lowest BCUT2D eigenvalue weighted by Gasteiger charge is -2.41. The SMILES string of the molecule is C[C@@H]1CN(C(=O)c2cnc3ccc(F)cc3c2N2CCC(C)(C#N)CC2)CCN1C(=O)C1CC1. The number of piperazine rings is 1. The van der Waals surface area contributed by atoms with Gasteiger partial charge in [-0.25, -0.2) is 4.39 Å². The summed E-state index contributed by atoms with van der Waals surface area (Å²) >= 11 is 0. The standard InChI is InChI=1S/C26H30FN5O2/c1-17-15-31(11-12-32(17)24(33)18-3-4-18)25(34)21-14-29-22-6-5-19(27)13-20(22)23(21)30-9-7-26(2,16-28)8-10-30/h5-6,13-14,17-18H,3-4,7-12,15H2,1-2H3/t17-/m1/s1. The van der Waals surface area contributed by atoms with E-state index in [-0.39, 0.29) is 29.6 Å². The number of anilines is 1. The Labute approximate surface area is 199 Å². The fourth-order valence-corrected chi connectivity index (χ4v) is 5.19. The van der Waals surface area contributed by atoms with Crippen molar-refractivity contribution in [1.82, 2.24) is 14.8 Å². The molecule has 178 valence electrons. The molecule has 3 fully saturated rings. The maximum Gasteiger partial charge on any atom is 0.257 e. The van der Waals surface area contributed by atoms with Gasteiger partial charge in [0.25, 0.3) is 5.91 Å². The van der Waals surface area contributed by atoms with Crippen molar-refractivity contribution >= 4 is 28.4 Å². The molecule has 2 aliphatic heterocycles. The van der Waals surface area contributed by atoms with Gasteiger partial charge < -0.3 is 14.7 Å². The van der Waals surface area contributed by atoms with E-state index >= 15 is 0 Å². The van der Waals surface area contributed by atoms with Crippen molar-refractivity contribution in [2.75, 3.05) is 37.6 Å². The number of hydrogen-bond acceptors (Lipinski definition) is 5. The Bertz CT molecular complexity index is 1180. The zero-order chi connectivity index (χ0) is 24.0. The number of pyridine rings is 1. The predicted molar refractivity (Wildman–Crippen MR) is 127 cm³/mol. The van der Waals surface area contributed by atoms with Crippen LogP contribution in [0.15, 0.2) is 24.4 Å². The molecule has 1 atom stereocenters. The Morgan fingerprint density at radius 3 is 2.56 bits per heavy atom. The lowest BCUT2D eigenvalue weighted by atomic mass is 9.81. The summed E-state index contributed by atoms with van der Waals surface area (Å²) in [4.78, 5) is 36.6. The highest BCUT2D eigenvalue weighted by atomic mass is 19.1. The molecule has 5 rings (SSSR count). The highest BCUT2D eigenvalue weighted by molar-refractivity contribution is 6.07. The normalized spacial score (nSPS) is 22.5. The van der Waals surface area contributed by atoms with E-state index in [1.54, 1.807) is 17.2 Å². The number of aromatic nitrogens is 1. The summed E-state index contributed by atoms with van der Waals surface area (Å²) in [7, 11) is 0. The van der Waals surface area contributed by atoms with Gasteiger partial charge in [-0.3, -0.25) is 14.6 Å². The first kappa shape index (κ1) is 22.6. The van der Waals surface area contributed by atoms with Gasteiger partial charge in [0, 0.05) is 56.3 Å². The summed E-state index contributed by atoms with van der Waals surface area (Å²) in [5.74, 6) is -0.154. The van der Waals surface area contributed by atoms with Crippen LogP contribution < -0.4 is 4.90 Å². The van der Waals surface area contributed by atoms with E-state index in [4.69, 9.17) is 0 Å². The molecule has 0 unspecified atom stereocenters. The van der Waals surface area contributed by atoms with Gasteiger partial charge in [-0.2, -0.15) is 5.26 Å². The highest BCUT2D eigenvalue weighted by Gasteiger charge is 2.39. The molecule has 1 aromatic carbocycles. The molecular formula is C26H30FN5O2. The van der Waals surface area contributed by atoms with E-state index in [9.17, 15) is 19.2 Å². The molecule has 1 saturated carbocycles. The van der Waals surface area contributed by atoms with E-state index < -0.39 is 5.41 Å². The molecule has 3 aliphatic rings. The van der Waals surface area contributed by atoms with Gasteiger partial charge in [-0.1, -0.05) is 0 Å². The molecule has 7 nitrogen and oxygen atoms in total. The highest BCUT2D eigenvalue weighted by Crippen LogP contribution is 2.38. The molecule has 1 aliphatic carbocycles. The molecule has 0 N–H and O–H groups in total. The van der Waals surface area contributed by atoms with Crippen LogP contribution in [-0.2, 0) is 4.79 Å². The van der Waals surface area contributed by atoms with Crippen LogP contribution in [0.5, 0.6) is 0 Å². The minimum Gasteiger partial charge on any atom is -0.370 e. The van der Waals surface area contributed by atoms with Gasteiger partial charge in [-0.15, -0.1) is 0 Å². The molecule has 0 spiro atoms. The maximum atomic E-state index is 14.3. The van der Waals surface area contributed by atoms with Gasteiger partial charge in [0.1, 0.15) is 5.82 Å². The van der Waals surface area contributed by atoms with Crippen molar-refractivity contribution in [1.29, 1.82) is 5.26 Å². The fourth-order valence-electron chi connectivity index (χ4n) is 5.19. The summed E-state index contributed by atoms with van der Waals surface area (Å²) in [6.07, 6.45) is 4.88. The minimum atomic E-state index is -0.394. The second-order valence-corrected chi connectivity index (χ2v) is 10.2. The van der Waals surface area contributed by atoms with Crippen LogP contribution in [0.2, 0.25) is 0 Å². The molecule has 1 aromatic heterocycles. The number of benzene rings is 1. The molecule has 0 bridgehead atoms. The van der Waals surface area contributed by atoms with Crippen LogP contribution in [0.1, 0.15) is 49.9 Å². The quantitative estimate of drug-likeness (QED) is 0.695. The summed E-state index contributed by atoms with van der Waals surface area (Å²) in [5, 5.41) is 10.1. The number of hydrogen-bond donors (Lipinski definition) is 0. The van der Waals surface area contributed by atoms with Crippen molar-refractivity contribution in [3.05, 3.63) is 35.8 Å². The van der Waals surface area contributed by atoms with Crippen LogP contribution in [0.4, 0.5) is 10.1 Å². The van der Waals surface area contributed by atoms with E-state index in [0.29, 0.717) is 67.7 Å². The monoisotopic (exact) mass is 463 g/mol.